The third kappa shape index (κ3) is 10.8. The van der Waals surface area contributed by atoms with E-state index in [1.165, 1.54) is 0 Å². The molecule has 1 saturated heterocycles. The smallest absolute Gasteiger partial charge is 0.303 e. The molecule has 47 heavy (non-hydrogen) atoms. The number of amides is 1. The van der Waals surface area contributed by atoms with E-state index in [-0.39, 0.29) is 31.1 Å². The molecule has 1 aromatic heterocycles. The number of hydrogen-bond donors (Lipinski definition) is 3. The molecule has 0 radical (unpaired) electrons. The van der Waals surface area contributed by atoms with E-state index < -0.39 is 12.3 Å². The van der Waals surface area contributed by atoms with Crippen LogP contribution in [0.1, 0.15) is 79.6 Å². The standard InChI is InChI=1S/C38H42N2O6S/c41-25-27-16-18-29(19-17-27)34-23-33(26-47-36-14-5-6-20-39-36)45-38(46-34)32-12-8-11-31(22-32)30-10-7-9-28(21-30)24-40-35(42)13-3-1-2-4-15-37(43)44/h5-12,14,16-22,33-34,38,41H,1-4,13,15,23-26H2,(H,40,42)(H,43,44)/t33-,34+,38+/m1/s1. The van der Waals surface area contributed by atoms with Crippen molar-refractivity contribution in [1.29, 1.82) is 0 Å². The first-order chi connectivity index (χ1) is 23.0. The van der Waals surface area contributed by atoms with Gasteiger partial charge in [-0.2, -0.15) is 0 Å². The van der Waals surface area contributed by atoms with Crippen LogP contribution in [0.25, 0.3) is 11.1 Å². The number of aliphatic hydroxyl groups is 1. The summed E-state index contributed by atoms with van der Waals surface area (Å²) in [4.78, 5) is 27.5. The Balaban J connectivity index is 1.23. The Morgan fingerprint density at radius 3 is 2.32 bits per heavy atom. The van der Waals surface area contributed by atoms with Crippen molar-refractivity contribution in [3.8, 4) is 11.1 Å². The van der Waals surface area contributed by atoms with Crippen molar-refractivity contribution < 1.29 is 29.3 Å². The average Bonchev–Trinajstić information content (AvgIpc) is 3.11. The van der Waals surface area contributed by atoms with Crippen molar-refractivity contribution in [2.24, 2.45) is 0 Å². The molecule has 1 aliphatic heterocycles. The fourth-order valence-corrected chi connectivity index (χ4v) is 6.45. The summed E-state index contributed by atoms with van der Waals surface area (Å²) in [5.41, 5.74) is 5.90. The Labute approximate surface area is 280 Å². The van der Waals surface area contributed by atoms with Crippen LogP contribution in [0.3, 0.4) is 0 Å². The van der Waals surface area contributed by atoms with E-state index in [0.717, 1.165) is 63.4 Å². The highest BCUT2D eigenvalue weighted by molar-refractivity contribution is 7.99. The van der Waals surface area contributed by atoms with E-state index in [2.05, 4.69) is 34.6 Å². The van der Waals surface area contributed by atoms with Gasteiger partial charge in [-0.3, -0.25) is 9.59 Å². The highest BCUT2D eigenvalue weighted by atomic mass is 32.2. The van der Waals surface area contributed by atoms with E-state index in [1.54, 1.807) is 18.0 Å². The molecule has 0 spiro atoms. The number of pyridine rings is 1. The van der Waals surface area contributed by atoms with Gasteiger partial charge in [-0.15, -0.1) is 11.8 Å². The van der Waals surface area contributed by atoms with Gasteiger partial charge in [0.1, 0.15) is 0 Å². The van der Waals surface area contributed by atoms with E-state index >= 15 is 0 Å². The number of nitrogens with zero attached hydrogens (tertiary/aromatic N) is 1. The maximum atomic E-state index is 12.4. The molecule has 0 unspecified atom stereocenters. The molecular weight excluding hydrogens is 612 g/mol. The first-order valence-electron chi connectivity index (χ1n) is 16.2. The number of carbonyl (C=O) groups excluding carboxylic acids is 1. The topological polar surface area (TPSA) is 118 Å². The van der Waals surface area contributed by atoms with Crippen LogP contribution in [-0.4, -0.2) is 38.9 Å². The zero-order valence-electron chi connectivity index (χ0n) is 26.4. The SMILES string of the molecule is O=C(O)CCCCCCC(=O)NCc1cccc(-c2cccc([C@H]3O[C@@H](CSc4ccccn4)C[C@@H](c4ccc(CO)cc4)O3)c2)c1. The molecule has 1 amide bonds. The van der Waals surface area contributed by atoms with E-state index in [1.807, 2.05) is 66.7 Å². The average molecular weight is 655 g/mol. The fourth-order valence-electron chi connectivity index (χ4n) is 5.56. The van der Waals surface area contributed by atoms with Crippen molar-refractivity contribution in [3.05, 3.63) is 119 Å². The zero-order valence-corrected chi connectivity index (χ0v) is 27.2. The van der Waals surface area contributed by atoms with Crippen LogP contribution in [0.5, 0.6) is 0 Å². The van der Waals surface area contributed by atoms with E-state index in [4.69, 9.17) is 14.6 Å². The van der Waals surface area contributed by atoms with Gasteiger partial charge in [-0.05, 0) is 64.9 Å². The van der Waals surface area contributed by atoms with Gasteiger partial charge < -0.3 is 25.0 Å². The monoisotopic (exact) mass is 654 g/mol. The van der Waals surface area contributed by atoms with E-state index in [9.17, 15) is 14.7 Å². The van der Waals surface area contributed by atoms with Gasteiger partial charge in [0.25, 0.3) is 0 Å². The minimum absolute atomic E-state index is 0.00117. The van der Waals surface area contributed by atoms with Gasteiger partial charge in [-0.25, -0.2) is 4.98 Å². The summed E-state index contributed by atoms with van der Waals surface area (Å²) in [6, 6.07) is 30.2. The number of rotatable bonds is 16. The van der Waals surface area contributed by atoms with Crippen LogP contribution in [0, 0.1) is 0 Å². The number of aliphatic hydroxyl groups excluding tert-OH is 1. The molecule has 246 valence electrons. The lowest BCUT2D eigenvalue weighted by Crippen LogP contribution is -2.31. The number of hydrogen-bond acceptors (Lipinski definition) is 7. The van der Waals surface area contributed by atoms with Crippen LogP contribution in [0.4, 0.5) is 0 Å². The third-order valence-corrected chi connectivity index (χ3v) is 9.20. The van der Waals surface area contributed by atoms with Crippen molar-refractivity contribution in [2.75, 3.05) is 5.75 Å². The highest BCUT2D eigenvalue weighted by Gasteiger charge is 2.32. The number of nitrogens with one attached hydrogen (secondary N) is 1. The normalized spacial score (nSPS) is 17.7. The van der Waals surface area contributed by atoms with E-state index in [0.29, 0.717) is 25.8 Å². The van der Waals surface area contributed by atoms with Gasteiger partial charge in [0.2, 0.25) is 5.91 Å². The number of carbonyl (C=O) groups is 2. The van der Waals surface area contributed by atoms with Crippen LogP contribution < -0.4 is 5.32 Å². The molecule has 8 nitrogen and oxygen atoms in total. The summed E-state index contributed by atoms with van der Waals surface area (Å²) >= 11 is 1.67. The molecule has 0 saturated carbocycles. The fraction of sp³-hybridized carbons (Fsp3) is 0.342. The molecule has 3 atom stereocenters. The molecule has 9 heteroatoms. The van der Waals surface area contributed by atoms with Crippen molar-refractivity contribution in [2.45, 2.75) is 81.6 Å². The van der Waals surface area contributed by atoms with Crippen LogP contribution in [0.2, 0.25) is 0 Å². The molecule has 1 aliphatic rings. The quantitative estimate of drug-likeness (QED) is 0.0835. The summed E-state index contributed by atoms with van der Waals surface area (Å²) in [5, 5.41) is 22.2. The molecule has 3 aromatic carbocycles. The number of benzene rings is 3. The predicted molar refractivity (Wildman–Crippen MR) is 182 cm³/mol. The first-order valence-corrected chi connectivity index (χ1v) is 17.2. The molecule has 1 fully saturated rings. The Hall–Kier alpha value is -4.02. The van der Waals surface area contributed by atoms with Gasteiger partial charge >= 0.3 is 5.97 Å². The Morgan fingerprint density at radius 1 is 0.809 bits per heavy atom. The lowest BCUT2D eigenvalue weighted by molar-refractivity contribution is -0.245. The van der Waals surface area contributed by atoms with Gasteiger partial charge in [0.15, 0.2) is 6.29 Å². The summed E-state index contributed by atoms with van der Waals surface area (Å²) in [6.07, 6.45) is 5.38. The van der Waals surface area contributed by atoms with Gasteiger partial charge in [-0.1, -0.05) is 79.6 Å². The minimum atomic E-state index is -0.775. The predicted octanol–water partition coefficient (Wildman–Crippen LogP) is 7.62. The molecule has 2 heterocycles. The molecule has 0 bridgehead atoms. The Kier molecular flexibility index (Phi) is 13.0. The van der Waals surface area contributed by atoms with Gasteiger partial charge in [0.05, 0.1) is 23.8 Å². The number of unbranched alkanes of at least 4 members (excludes halogenated alkanes) is 3. The highest BCUT2D eigenvalue weighted by Crippen LogP contribution is 2.40. The second-order valence-corrected chi connectivity index (χ2v) is 12.8. The largest absolute Gasteiger partial charge is 0.481 e. The lowest BCUT2D eigenvalue weighted by atomic mass is 9.99. The number of aliphatic carboxylic acids is 1. The Bertz CT molecular complexity index is 1580. The summed E-state index contributed by atoms with van der Waals surface area (Å²) < 4.78 is 13.1. The van der Waals surface area contributed by atoms with Gasteiger partial charge in [0, 0.05) is 43.3 Å². The summed E-state index contributed by atoms with van der Waals surface area (Å²) in [6.45, 7) is 0.436. The number of carboxylic acid groups (broad SMARTS) is 1. The third-order valence-electron chi connectivity index (χ3n) is 8.12. The first kappa shape index (κ1) is 34.3. The molecule has 3 N–H and O–H groups in total. The number of carboxylic acids is 1. The molecular formula is C38H42N2O6S. The van der Waals surface area contributed by atoms with Crippen molar-refractivity contribution in [3.63, 3.8) is 0 Å². The van der Waals surface area contributed by atoms with Crippen LogP contribution in [-0.2, 0) is 32.2 Å². The molecule has 5 rings (SSSR count). The number of ether oxygens (including phenoxy) is 2. The maximum absolute atomic E-state index is 12.4. The number of aromatic nitrogens is 1. The maximum Gasteiger partial charge on any atom is 0.303 e. The summed E-state index contributed by atoms with van der Waals surface area (Å²) in [7, 11) is 0. The summed E-state index contributed by atoms with van der Waals surface area (Å²) in [5.74, 6) is -0.0401. The Morgan fingerprint density at radius 2 is 1.57 bits per heavy atom. The van der Waals surface area contributed by atoms with Crippen molar-refractivity contribution >= 4 is 23.6 Å². The molecule has 0 aliphatic carbocycles. The van der Waals surface area contributed by atoms with Crippen LogP contribution in [0.15, 0.2) is 102 Å². The minimum Gasteiger partial charge on any atom is -0.481 e. The van der Waals surface area contributed by atoms with Crippen molar-refractivity contribution in [1.82, 2.24) is 10.3 Å². The molecule has 4 aromatic rings. The second kappa shape index (κ2) is 17.8. The van der Waals surface area contributed by atoms with Crippen LogP contribution >= 0.6 is 11.8 Å². The number of thioether (sulfide) groups is 1. The zero-order chi connectivity index (χ0) is 32.8. The lowest BCUT2D eigenvalue weighted by Gasteiger charge is -2.36. The second-order valence-electron chi connectivity index (χ2n) is 11.7.